The van der Waals surface area contributed by atoms with Crippen molar-refractivity contribution in [2.24, 2.45) is 11.8 Å². The second kappa shape index (κ2) is 11.6. The highest BCUT2D eigenvalue weighted by Crippen LogP contribution is 2.33. The molecule has 2 saturated heterocycles. The van der Waals surface area contributed by atoms with E-state index >= 15 is 0 Å². The zero-order valence-electron chi connectivity index (χ0n) is 22.2. The molecule has 0 saturated carbocycles. The average molecular weight is 553 g/mol. The number of halogens is 3. The van der Waals surface area contributed by atoms with Crippen LogP contribution in [0.2, 0.25) is 0 Å². The summed E-state index contributed by atoms with van der Waals surface area (Å²) in [5.41, 5.74) is 0.777. The molecule has 5 rings (SSSR count). The third kappa shape index (κ3) is 6.41. The highest BCUT2D eigenvalue weighted by atomic mass is 19.4. The van der Waals surface area contributed by atoms with Gasteiger partial charge in [0.2, 0.25) is 0 Å². The number of amides is 2. The maximum Gasteiger partial charge on any atom is 0.416 e. The van der Waals surface area contributed by atoms with Crippen molar-refractivity contribution in [1.82, 2.24) is 9.80 Å². The van der Waals surface area contributed by atoms with Gasteiger partial charge in [-0.3, -0.25) is 9.59 Å². The average Bonchev–Trinajstić information content (AvgIpc) is 3.25. The lowest BCUT2D eigenvalue weighted by atomic mass is 9.92. The lowest BCUT2D eigenvalue weighted by molar-refractivity contribution is -0.137. The molecule has 3 aromatic carbocycles. The molecule has 3 aromatic rings. The molecular formula is C31H31F3N2O4. The van der Waals surface area contributed by atoms with E-state index in [0.717, 1.165) is 36.3 Å². The van der Waals surface area contributed by atoms with Crippen LogP contribution in [-0.2, 0) is 11.0 Å². The zero-order chi connectivity index (χ0) is 28.3. The van der Waals surface area contributed by atoms with Crippen molar-refractivity contribution in [3.63, 3.8) is 0 Å². The molecule has 6 nitrogen and oxygen atoms in total. The third-order valence-corrected chi connectivity index (χ3v) is 7.72. The fraction of sp³-hybridized carbons (Fsp3) is 0.355. The summed E-state index contributed by atoms with van der Waals surface area (Å²) >= 11 is 0. The molecule has 2 fully saturated rings. The molecule has 0 aromatic heterocycles. The molecule has 2 amide bonds. The Bertz CT molecular complexity index is 1330. The topological polar surface area (TPSA) is 59.1 Å². The first kappa shape index (κ1) is 27.6. The Labute approximate surface area is 231 Å². The van der Waals surface area contributed by atoms with Crippen LogP contribution in [0, 0.1) is 18.8 Å². The first-order valence-electron chi connectivity index (χ1n) is 13.4. The summed E-state index contributed by atoms with van der Waals surface area (Å²) in [4.78, 5) is 29.7. The number of carbonyl (C=O) groups excluding carboxylic acids is 2. The summed E-state index contributed by atoms with van der Waals surface area (Å²) in [5.74, 6) is 2.04. The van der Waals surface area contributed by atoms with Gasteiger partial charge in [0.25, 0.3) is 11.8 Å². The van der Waals surface area contributed by atoms with Crippen LogP contribution in [0.1, 0.15) is 34.3 Å². The maximum atomic E-state index is 13.2. The molecule has 210 valence electrons. The second-order valence-electron chi connectivity index (χ2n) is 10.4. The first-order chi connectivity index (χ1) is 19.2. The molecule has 2 heterocycles. The van der Waals surface area contributed by atoms with E-state index in [-0.39, 0.29) is 24.2 Å². The Kier molecular flexibility index (Phi) is 8.00. The molecule has 0 aliphatic carbocycles. The fourth-order valence-electron chi connectivity index (χ4n) is 5.40. The standard InChI is InChI=1S/C31H31F3N2O4/c1-21-4-2-3-5-28(21)39-20-29(37)36-18-23-14-16-35(17-15-24(23)19-36)30(38)22-6-10-26(11-7-22)40-27-12-8-25(9-13-27)31(32,33)34/h2-13,23-24H,14-20H2,1H3/t23-,24+. The Morgan fingerprint density at radius 3 is 1.98 bits per heavy atom. The van der Waals surface area contributed by atoms with Gasteiger partial charge in [-0.15, -0.1) is 0 Å². The summed E-state index contributed by atoms with van der Waals surface area (Å²) in [6.07, 6.45) is -2.75. The van der Waals surface area contributed by atoms with Crippen molar-refractivity contribution < 1.29 is 32.2 Å². The van der Waals surface area contributed by atoms with Crippen molar-refractivity contribution in [3.8, 4) is 17.2 Å². The minimum Gasteiger partial charge on any atom is -0.484 e. The number of aryl methyl sites for hydroxylation is 1. The van der Waals surface area contributed by atoms with Crippen LogP contribution in [0.4, 0.5) is 13.2 Å². The Hall–Kier alpha value is -4.01. The van der Waals surface area contributed by atoms with Gasteiger partial charge in [0.1, 0.15) is 17.2 Å². The smallest absolute Gasteiger partial charge is 0.416 e. The number of benzene rings is 3. The Morgan fingerprint density at radius 1 is 0.825 bits per heavy atom. The predicted octanol–water partition coefficient (Wildman–Crippen LogP) is 6.20. The monoisotopic (exact) mass is 552 g/mol. The second-order valence-corrected chi connectivity index (χ2v) is 10.4. The summed E-state index contributed by atoms with van der Waals surface area (Å²) in [5, 5.41) is 0. The van der Waals surface area contributed by atoms with Crippen LogP contribution in [0.5, 0.6) is 17.2 Å². The van der Waals surface area contributed by atoms with E-state index in [2.05, 4.69) is 0 Å². The zero-order valence-corrected chi connectivity index (χ0v) is 22.2. The number of carbonyl (C=O) groups is 2. The van der Waals surface area contributed by atoms with E-state index in [4.69, 9.17) is 9.47 Å². The van der Waals surface area contributed by atoms with Crippen molar-refractivity contribution in [3.05, 3.63) is 89.5 Å². The molecule has 0 radical (unpaired) electrons. The van der Waals surface area contributed by atoms with E-state index in [0.29, 0.717) is 49.3 Å². The lowest BCUT2D eigenvalue weighted by Gasteiger charge is -2.22. The van der Waals surface area contributed by atoms with Crippen LogP contribution in [-0.4, -0.2) is 54.4 Å². The first-order valence-corrected chi connectivity index (χ1v) is 13.4. The molecule has 0 bridgehead atoms. The van der Waals surface area contributed by atoms with Crippen molar-refractivity contribution in [1.29, 1.82) is 0 Å². The van der Waals surface area contributed by atoms with Crippen LogP contribution >= 0.6 is 0 Å². The number of rotatable bonds is 6. The quantitative estimate of drug-likeness (QED) is 0.366. The predicted molar refractivity (Wildman–Crippen MR) is 143 cm³/mol. The normalized spacial score (nSPS) is 19.1. The van der Waals surface area contributed by atoms with Gasteiger partial charge in [0.15, 0.2) is 6.61 Å². The van der Waals surface area contributed by atoms with Crippen molar-refractivity contribution in [2.75, 3.05) is 32.8 Å². The van der Waals surface area contributed by atoms with Gasteiger partial charge < -0.3 is 19.3 Å². The molecule has 40 heavy (non-hydrogen) atoms. The van der Waals surface area contributed by atoms with Gasteiger partial charge >= 0.3 is 6.18 Å². The summed E-state index contributed by atoms with van der Waals surface area (Å²) in [6, 6.07) is 18.7. The number of nitrogens with zero attached hydrogens (tertiary/aromatic N) is 2. The third-order valence-electron chi connectivity index (χ3n) is 7.72. The Morgan fingerprint density at radius 2 is 1.40 bits per heavy atom. The molecule has 0 unspecified atom stereocenters. The molecule has 2 aliphatic rings. The number of hydrogen-bond donors (Lipinski definition) is 0. The fourth-order valence-corrected chi connectivity index (χ4v) is 5.40. The SMILES string of the molecule is Cc1ccccc1OCC(=O)N1C[C@H]2CCN(C(=O)c3ccc(Oc4ccc(C(F)(F)F)cc4)cc3)CC[C@H]2C1. The van der Waals surface area contributed by atoms with E-state index in [1.165, 1.54) is 12.1 Å². The van der Waals surface area contributed by atoms with Crippen LogP contribution in [0.15, 0.2) is 72.8 Å². The lowest BCUT2D eigenvalue weighted by Crippen LogP contribution is -2.35. The summed E-state index contributed by atoms with van der Waals surface area (Å²) in [6.45, 7) is 4.56. The minimum atomic E-state index is -4.40. The van der Waals surface area contributed by atoms with Gasteiger partial charge in [0.05, 0.1) is 5.56 Å². The Balaban J connectivity index is 1.11. The number of alkyl halides is 3. The highest BCUT2D eigenvalue weighted by Gasteiger charge is 2.37. The number of para-hydroxylation sites is 1. The van der Waals surface area contributed by atoms with E-state index in [1.807, 2.05) is 41.0 Å². The molecule has 2 aliphatic heterocycles. The summed E-state index contributed by atoms with van der Waals surface area (Å²) < 4.78 is 49.7. The molecular weight excluding hydrogens is 521 g/mol. The van der Waals surface area contributed by atoms with E-state index in [1.54, 1.807) is 24.3 Å². The molecule has 2 atom stereocenters. The van der Waals surface area contributed by atoms with Crippen molar-refractivity contribution in [2.45, 2.75) is 25.9 Å². The van der Waals surface area contributed by atoms with Gasteiger partial charge in [-0.05, 0) is 91.8 Å². The number of likely N-dealkylation sites (tertiary alicyclic amines) is 2. The van der Waals surface area contributed by atoms with Gasteiger partial charge in [-0.1, -0.05) is 18.2 Å². The number of ether oxygens (including phenoxy) is 2. The van der Waals surface area contributed by atoms with E-state index < -0.39 is 11.7 Å². The molecule has 0 N–H and O–H groups in total. The largest absolute Gasteiger partial charge is 0.484 e. The highest BCUT2D eigenvalue weighted by molar-refractivity contribution is 5.94. The van der Waals surface area contributed by atoms with E-state index in [9.17, 15) is 22.8 Å². The van der Waals surface area contributed by atoms with Gasteiger partial charge in [-0.25, -0.2) is 0 Å². The minimum absolute atomic E-state index is 0.0112. The number of hydrogen-bond acceptors (Lipinski definition) is 4. The van der Waals surface area contributed by atoms with Gasteiger partial charge in [-0.2, -0.15) is 13.2 Å². The van der Waals surface area contributed by atoms with Crippen LogP contribution in [0.3, 0.4) is 0 Å². The van der Waals surface area contributed by atoms with Crippen molar-refractivity contribution >= 4 is 11.8 Å². The van der Waals surface area contributed by atoms with Crippen LogP contribution < -0.4 is 9.47 Å². The molecule has 9 heteroatoms. The van der Waals surface area contributed by atoms with Gasteiger partial charge in [0, 0.05) is 31.7 Å². The van der Waals surface area contributed by atoms with Crippen LogP contribution in [0.25, 0.3) is 0 Å². The molecule has 0 spiro atoms. The summed E-state index contributed by atoms with van der Waals surface area (Å²) in [7, 11) is 0. The number of fused-ring (bicyclic) bond motifs is 1. The maximum absolute atomic E-state index is 13.2.